The van der Waals surface area contributed by atoms with E-state index >= 15 is 0 Å². The number of carbonyl (C=O) groups is 2. The van der Waals surface area contributed by atoms with Crippen molar-refractivity contribution in [3.63, 3.8) is 0 Å². The molecule has 0 fully saturated rings. The van der Waals surface area contributed by atoms with Gasteiger partial charge in [0.25, 0.3) is 0 Å². The summed E-state index contributed by atoms with van der Waals surface area (Å²) >= 11 is 6.00. The number of benzene rings is 7. The summed E-state index contributed by atoms with van der Waals surface area (Å²) in [5.74, 6) is 10.7. The largest absolute Gasteiger partial charge is 0.326 e. The van der Waals surface area contributed by atoms with Gasteiger partial charge in [0, 0.05) is 161 Å². The van der Waals surface area contributed by atoms with Gasteiger partial charge in [0.1, 0.15) is 29.1 Å². The van der Waals surface area contributed by atoms with Crippen LogP contribution in [-0.2, 0) is 30.5 Å². The first-order valence-corrected chi connectivity index (χ1v) is 41.1. The maximum absolute atomic E-state index is 11.7. The van der Waals surface area contributed by atoms with Crippen LogP contribution in [0.1, 0.15) is 107 Å². The van der Waals surface area contributed by atoms with Gasteiger partial charge in [-0.15, -0.1) is 0 Å². The van der Waals surface area contributed by atoms with Gasteiger partial charge in [-0.25, -0.2) is 49.8 Å². The van der Waals surface area contributed by atoms with E-state index in [0.29, 0.717) is 68.1 Å². The number of fused-ring (bicyclic) bond motifs is 5. The van der Waals surface area contributed by atoms with Gasteiger partial charge in [-0.2, -0.15) is 25.5 Å². The summed E-state index contributed by atoms with van der Waals surface area (Å²) in [4.78, 5) is 74.5. The van der Waals surface area contributed by atoms with Gasteiger partial charge in [0.15, 0.2) is 64.0 Å². The number of aromatic nitrogens is 21. The summed E-state index contributed by atoms with van der Waals surface area (Å²) in [7, 11) is 0. The normalized spacial score (nSPS) is 12.0. The third-order valence-corrected chi connectivity index (χ3v) is 20.5. The summed E-state index contributed by atoms with van der Waals surface area (Å²) in [6.07, 6.45) is 13.6. The standard InChI is InChI=1S/C20H17ClN6O.C20H17N5O.C19H21N5.C18H19N5.C17H14N6/c1-11-9-18(27-26-11)24-20-16-8-7-15(22-12(2)28)10-17(16)23-19(25-20)13-3-5-14(21)6-4-13;1-12-10-18(25-24-12)22-20-16-9-8-15(13(2)26)11-17(16)21-19(23-20)14-6-4-3-5-7-14;1-13-12-17(24-23-13)21-19-15-10-6-3-7-11-16(15)20-18(22-19)14-8-4-2-5-9-14;1-12-11-16(23-22-12)20-18-14-9-5-6-10-15(14)19-17(21-18)13-7-3-2-4-8-13;1-11-10-15(23-22-11)20-17-13-4-2-3-5-14(13)19-16(21-17)12-6-8-18-9-7-12/h3-10H,1-2H3,(H,22,28)(H2,23,24,25,26,27);3-11H,1-2H3,(H2,21,22,23,24,25);2,4-5,8-9,12H,3,6-7,10-11H2,1H3,(H2,20,21,22,23,24);2-4,7-8,11H,5-6,9-10H2,1H3,(H2,19,20,21,22,23);2-10H,1H3,(H2,19,20,21,22,23). The van der Waals surface area contributed by atoms with Crippen LogP contribution in [0, 0.1) is 34.6 Å². The molecule has 618 valence electrons. The first kappa shape index (κ1) is 82.1. The highest BCUT2D eigenvalue weighted by Gasteiger charge is 2.23. The second kappa shape index (κ2) is 38.2. The molecule has 20 rings (SSSR count). The molecule has 0 unspecified atom stereocenters. The highest BCUT2D eigenvalue weighted by atomic mass is 35.5. The minimum absolute atomic E-state index is 0.00390. The number of amides is 1. The summed E-state index contributed by atoms with van der Waals surface area (Å²) in [6.45, 7) is 12.8. The van der Waals surface area contributed by atoms with Crippen molar-refractivity contribution in [1.82, 2.24) is 106 Å². The van der Waals surface area contributed by atoms with Crippen LogP contribution < -0.4 is 31.9 Å². The van der Waals surface area contributed by atoms with Gasteiger partial charge in [-0.05, 0) is 172 Å². The molecule has 2 aliphatic carbocycles. The summed E-state index contributed by atoms with van der Waals surface area (Å²) in [5, 5.41) is 58.4. The molecule has 0 saturated heterocycles. The van der Waals surface area contributed by atoms with Crippen LogP contribution in [0.2, 0.25) is 5.02 Å². The first-order chi connectivity index (χ1) is 60.5. The van der Waals surface area contributed by atoms with Crippen molar-refractivity contribution < 1.29 is 9.59 Å². The molecular weight excluding hydrogens is 1570 g/mol. The maximum atomic E-state index is 11.7. The lowest BCUT2D eigenvalue weighted by atomic mass is 9.96. The van der Waals surface area contributed by atoms with Crippen LogP contribution in [0.5, 0.6) is 0 Å². The molecule has 11 heterocycles. The number of nitrogens with zero attached hydrogens (tertiary/aromatic N) is 16. The Morgan fingerprint density at radius 2 is 0.669 bits per heavy atom. The molecule has 7 aromatic carbocycles. The minimum Gasteiger partial charge on any atom is -0.326 e. The van der Waals surface area contributed by atoms with Crippen molar-refractivity contribution in [2.24, 2.45) is 0 Å². The van der Waals surface area contributed by atoms with Crippen LogP contribution in [-0.4, -0.2) is 118 Å². The Kier molecular flexibility index (Phi) is 25.3. The van der Waals surface area contributed by atoms with E-state index in [0.717, 1.165) is 150 Å². The summed E-state index contributed by atoms with van der Waals surface area (Å²) < 4.78 is 0. The van der Waals surface area contributed by atoms with E-state index in [2.05, 4.69) is 130 Å². The molecule has 30 heteroatoms. The molecule has 0 atom stereocenters. The number of aryl methyl sites for hydroxylation is 7. The van der Waals surface area contributed by atoms with Gasteiger partial charge < -0.3 is 31.9 Å². The average Bonchev–Trinajstić information content (AvgIpc) is 1.12. The van der Waals surface area contributed by atoms with Gasteiger partial charge in [0.05, 0.1) is 16.6 Å². The van der Waals surface area contributed by atoms with Gasteiger partial charge >= 0.3 is 0 Å². The SMILES string of the molecule is CC(=O)Nc1ccc2c(Nc3cc(C)[nH]n3)nc(-c3ccc(Cl)cc3)nc2c1.CC(=O)c1ccc2c(Nc3cc(C)[nH]n3)nc(-c3ccccc3)nc2c1.Cc1cc(Nc2nc(-c3ccccc3)nc3c2CCCC3)n[nH]1.Cc1cc(Nc2nc(-c3ccccc3)nc3c2CCCCC3)n[nH]1.Cc1cc(Nc2nc(-c3ccncc3)nc3ccccc23)n[nH]1. The molecule has 124 heavy (non-hydrogen) atoms. The zero-order valence-electron chi connectivity index (χ0n) is 69.2. The van der Waals surface area contributed by atoms with E-state index in [4.69, 9.17) is 31.5 Å². The Labute approximate surface area is 718 Å². The number of aromatic amines is 5. The number of ketones is 1. The van der Waals surface area contributed by atoms with E-state index in [1.54, 1.807) is 43.6 Å². The number of rotatable bonds is 17. The Balaban J connectivity index is 0.000000115. The highest BCUT2D eigenvalue weighted by Crippen LogP contribution is 2.36. The number of pyridine rings is 1. The maximum Gasteiger partial charge on any atom is 0.221 e. The predicted molar refractivity (Wildman–Crippen MR) is 488 cm³/mol. The number of H-pyrrole nitrogens is 5. The molecule has 29 nitrogen and oxygen atoms in total. The van der Waals surface area contributed by atoms with Crippen molar-refractivity contribution >= 4 is 120 Å². The van der Waals surface area contributed by atoms with Gasteiger partial charge in [0.2, 0.25) is 5.91 Å². The lowest BCUT2D eigenvalue weighted by molar-refractivity contribution is -0.114. The fourth-order valence-electron chi connectivity index (χ4n) is 14.2. The number of Topliss-reactive ketones (excluding diaryl/α,β-unsaturated/α-hetero) is 1. The van der Waals surface area contributed by atoms with Crippen LogP contribution in [0.25, 0.3) is 89.6 Å². The number of anilines is 11. The molecular formula is C94H88ClN27O2. The molecule has 0 spiro atoms. The molecule has 11 N–H and O–H groups in total. The summed E-state index contributed by atoms with van der Waals surface area (Å²) in [6, 6.07) is 69.7. The van der Waals surface area contributed by atoms with Crippen LogP contribution in [0.3, 0.4) is 0 Å². The average molecular weight is 1660 g/mol. The predicted octanol–water partition coefficient (Wildman–Crippen LogP) is 20.4. The van der Waals surface area contributed by atoms with E-state index in [1.165, 1.54) is 61.5 Å². The zero-order valence-corrected chi connectivity index (χ0v) is 69.9. The molecule has 0 saturated carbocycles. The Hall–Kier alpha value is -15.7. The molecule has 0 radical (unpaired) electrons. The van der Waals surface area contributed by atoms with E-state index in [-0.39, 0.29) is 11.7 Å². The number of nitrogens with one attached hydrogen (secondary N) is 11. The van der Waals surface area contributed by atoms with E-state index < -0.39 is 0 Å². The lowest BCUT2D eigenvalue weighted by Gasteiger charge is -2.19. The molecule has 0 bridgehead atoms. The Bertz CT molecular complexity index is 6770. The van der Waals surface area contributed by atoms with Crippen molar-refractivity contribution in [3.05, 3.63) is 292 Å². The smallest absolute Gasteiger partial charge is 0.221 e. The van der Waals surface area contributed by atoms with Crippen molar-refractivity contribution in [3.8, 4) is 56.9 Å². The highest BCUT2D eigenvalue weighted by molar-refractivity contribution is 6.30. The van der Waals surface area contributed by atoms with Crippen LogP contribution in [0.15, 0.2) is 231 Å². The molecule has 18 aromatic rings. The second-order valence-electron chi connectivity index (χ2n) is 30.0. The van der Waals surface area contributed by atoms with Crippen LogP contribution in [0.4, 0.5) is 63.9 Å². The fourth-order valence-corrected chi connectivity index (χ4v) is 14.3. The Morgan fingerprint density at radius 3 is 1.10 bits per heavy atom. The number of carbonyl (C=O) groups excluding carboxylic acids is 2. The number of hydrogen-bond acceptors (Lipinski definition) is 23. The van der Waals surface area contributed by atoms with E-state index in [9.17, 15) is 9.59 Å². The number of para-hydroxylation sites is 1. The number of hydrogen-bond donors (Lipinski definition) is 11. The van der Waals surface area contributed by atoms with Gasteiger partial charge in [-0.3, -0.25) is 40.1 Å². The monoisotopic (exact) mass is 1660 g/mol. The minimum atomic E-state index is -0.142. The fraction of sp³-hybridized carbons (Fsp3) is 0.170. The molecule has 1 amide bonds. The topological polar surface area (TPSA) is 392 Å². The zero-order chi connectivity index (χ0) is 85.4. The van der Waals surface area contributed by atoms with E-state index in [1.807, 2.05) is 217 Å². The number of halogens is 1. The van der Waals surface area contributed by atoms with Crippen LogP contribution >= 0.6 is 11.6 Å². The van der Waals surface area contributed by atoms with Crippen molar-refractivity contribution in [2.75, 3.05) is 31.9 Å². The molecule has 0 aliphatic heterocycles. The Morgan fingerprint density at radius 1 is 0.323 bits per heavy atom. The van der Waals surface area contributed by atoms with Crippen molar-refractivity contribution in [1.29, 1.82) is 0 Å². The van der Waals surface area contributed by atoms with Gasteiger partial charge in [-0.1, -0.05) is 127 Å². The molecule has 11 aromatic heterocycles. The third-order valence-electron chi connectivity index (χ3n) is 20.2. The molecule has 2 aliphatic rings. The second-order valence-corrected chi connectivity index (χ2v) is 30.4. The summed E-state index contributed by atoms with van der Waals surface area (Å²) in [5.41, 5.74) is 18.1. The lowest BCUT2D eigenvalue weighted by Crippen LogP contribution is -2.12. The first-order valence-electron chi connectivity index (χ1n) is 40.7. The van der Waals surface area contributed by atoms with Crippen molar-refractivity contribution in [2.45, 2.75) is 106 Å². The quantitative estimate of drug-likeness (QED) is 0.0298. The third kappa shape index (κ3) is 20.6.